The summed E-state index contributed by atoms with van der Waals surface area (Å²) in [5, 5.41) is 0.830. The molecule has 1 atom stereocenters. The Balaban J connectivity index is 2.21. The Morgan fingerprint density at radius 3 is 2.25 bits per heavy atom. The lowest BCUT2D eigenvalue weighted by atomic mass is 9.97. The average molecular weight is 386 g/mol. The fourth-order valence-corrected chi connectivity index (χ4v) is 4.63. The number of benzene rings is 2. The number of hydrogen-bond donors (Lipinski definition) is 1. The molecule has 0 fully saturated rings. The van der Waals surface area contributed by atoms with Gasteiger partial charge in [-0.05, 0) is 67.6 Å². The Morgan fingerprint density at radius 2 is 1.62 bits per heavy atom. The lowest BCUT2D eigenvalue weighted by molar-refractivity contribution is 0.565. The van der Waals surface area contributed by atoms with E-state index in [4.69, 9.17) is 23.2 Å². The molecule has 0 aromatic heterocycles. The Morgan fingerprint density at radius 1 is 1.00 bits per heavy atom. The zero-order valence-electron chi connectivity index (χ0n) is 14.2. The molecule has 0 radical (unpaired) electrons. The average Bonchev–Trinajstić information content (AvgIpc) is 2.45. The van der Waals surface area contributed by atoms with Crippen molar-refractivity contribution >= 4 is 33.2 Å². The molecule has 6 heteroatoms. The maximum absolute atomic E-state index is 12.5. The first-order valence-corrected chi connectivity index (χ1v) is 10.0. The van der Waals surface area contributed by atoms with Gasteiger partial charge in [0, 0.05) is 16.1 Å². The van der Waals surface area contributed by atoms with Crippen molar-refractivity contribution in [2.24, 2.45) is 0 Å². The van der Waals surface area contributed by atoms with E-state index in [1.54, 1.807) is 18.2 Å². The van der Waals surface area contributed by atoms with Crippen LogP contribution in [-0.4, -0.2) is 8.42 Å². The molecule has 130 valence electrons. The molecule has 0 aliphatic rings. The second-order valence-electron chi connectivity index (χ2n) is 6.13. The van der Waals surface area contributed by atoms with Gasteiger partial charge in [-0.1, -0.05) is 41.4 Å². The maximum Gasteiger partial charge on any atom is 0.216 e. The molecule has 1 unspecified atom stereocenters. The van der Waals surface area contributed by atoms with Crippen LogP contribution in [0.2, 0.25) is 10.0 Å². The fraction of sp³-hybridized carbons (Fsp3) is 0.333. The van der Waals surface area contributed by atoms with E-state index in [-0.39, 0.29) is 11.8 Å². The van der Waals surface area contributed by atoms with Gasteiger partial charge in [-0.3, -0.25) is 0 Å². The van der Waals surface area contributed by atoms with Crippen LogP contribution in [0.15, 0.2) is 30.3 Å². The Kier molecular flexibility index (Phi) is 5.97. The van der Waals surface area contributed by atoms with Crippen LogP contribution in [0.3, 0.4) is 0 Å². The lowest BCUT2D eigenvalue weighted by Gasteiger charge is -2.19. The summed E-state index contributed by atoms with van der Waals surface area (Å²) in [6.45, 7) is 7.90. The largest absolute Gasteiger partial charge is 0.216 e. The second-order valence-corrected chi connectivity index (χ2v) is 8.72. The van der Waals surface area contributed by atoms with E-state index in [9.17, 15) is 8.42 Å². The van der Waals surface area contributed by atoms with E-state index in [1.807, 2.05) is 33.8 Å². The molecular formula is C18H21Cl2NO2S. The van der Waals surface area contributed by atoms with Crippen molar-refractivity contribution in [3.63, 3.8) is 0 Å². The summed E-state index contributed by atoms with van der Waals surface area (Å²) >= 11 is 11.9. The van der Waals surface area contributed by atoms with Gasteiger partial charge in [-0.15, -0.1) is 0 Å². The Bertz CT molecular complexity index is 864. The van der Waals surface area contributed by atoms with Crippen molar-refractivity contribution in [3.8, 4) is 0 Å². The molecule has 0 saturated heterocycles. The number of hydrogen-bond acceptors (Lipinski definition) is 2. The minimum absolute atomic E-state index is 0.183. The summed E-state index contributed by atoms with van der Waals surface area (Å²) in [5.41, 5.74) is 4.90. The number of rotatable bonds is 5. The van der Waals surface area contributed by atoms with Gasteiger partial charge < -0.3 is 0 Å². The highest BCUT2D eigenvalue weighted by atomic mass is 35.5. The molecule has 0 saturated carbocycles. The first kappa shape index (κ1) is 19.3. The number of nitrogens with one attached hydrogen (secondary N) is 1. The van der Waals surface area contributed by atoms with Crippen LogP contribution in [0.5, 0.6) is 0 Å². The highest BCUT2D eigenvalue weighted by Gasteiger charge is 2.19. The maximum atomic E-state index is 12.5. The van der Waals surface area contributed by atoms with Crippen LogP contribution in [-0.2, 0) is 15.8 Å². The minimum atomic E-state index is -3.53. The third kappa shape index (κ3) is 4.73. The molecule has 1 N–H and O–H groups in total. The number of sulfonamides is 1. The van der Waals surface area contributed by atoms with Gasteiger partial charge in [-0.25, -0.2) is 13.1 Å². The summed E-state index contributed by atoms with van der Waals surface area (Å²) in [5.74, 6) is -0.183. The molecule has 0 aliphatic heterocycles. The fourth-order valence-electron chi connectivity index (χ4n) is 2.67. The highest BCUT2D eigenvalue weighted by molar-refractivity contribution is 7.88. The summed E-state index contributed by atoms with van der Waals surface area (Å²) in [7, 11) is -3.53. The van der Waals surface area contributed by atoms with Crippen molar-refractivity contribution < 1.29 is 8.42 Å². The van der Waals surface area contributed by atoms with Gasteiger partial charge in [0.15, 0.2) is 0 Å². The smallest absolute Gasteiger partial charge is 0.212 e. The van der Waals surface area contributed by atoms with Crippen LogP contribution in [0.1, 0.15) is 40.8 Å². The van der Waals surface area contributed by atoms with Crippen LogP contribution in [0, 0.1) is 20.8 Å². The van der Waals surface area contributed by atoms with Crippen LogP contribution in [0.25, 0.3) is 0 Å². The van der Waals surface area contributed by atoms with E-state index in [2.05, 4.69) is 10.8 Å². The molecule has 0 bridgehead atoms. The van der Waals surface area contributed by atoms with Gasteiger partial charge >= 0.3 is 0 Å². The standard InChI is InChI=1S/C18H21Cl2NO2S/c1-11-7-13(3)17(8-12(11)2)14(4)21-24(22,23)10-15-5-6-16(19)9-18(15)20/h5-9,14,21H,10H2,1-4H3. The third-order valence-electron chi connectivity index (χ3n) is 4.07. The first-order chi connectivity index (χ1) is 11.1. The van der Waals surface area contributed by atoms with Gasteiger partial charge in [0.1, 0.15) is 0 Å². The van der Waals surface area contributed by atoms with Crippen molar-refractivity contribution in [2.75, 3.05) is 0 Å². The van der Waals surface area contributed by atoms with E-state index in [0.717, 1.165) is 16.7 Å². The molecule has 2 aromatic carbocycles. The zero-order valence-corrected chi connectivity index (χ0v) is 16.5. The van der Waals surface area contributed by atoms with Gasteiger partial charge in [0.2, 0.25) is 10.0 Å². The summed E-state index contributed by atoms with van der Waals surface area (Å²) in [4.78, 5) is 0. The predicted molar refractivity (Wildman–Crippen MR) is 101 cm³/mol. The summed E-state index contributed by atoms with van der Waals surface area (Å²) < 4.78 is 27.7. The zero-order chi connectivity index (χ0) is 18.1. The third-order valence-corrected chi connectivity index (χ3v) is 6.06. The normalized spacial score (nSPS) is 13.1. The molecule has 2 rings (SSSR count). The second kappa shape index (κ2) is 7.44. The molecule has 0 amide bonds. The topological polar surface area (TPSA) is 46.2 Å². The number of halogens is 2. The van der Waals surface area contributed by atoms with Gasteiger partial charge in [-0.2, -0.15) is 0 Å². The molecule has 0 heterocycles. The molecule has 2 aromatic rings. The van der Waals surface area contributed by atoms with E-state index in [0.29, 0.717) is 15.6 Å². The lowest BCUT2D eigenvalue weighted by Crippen LogP contribution is -2.28. The SMILES string of the molecule is Cc1cc(C)c(C(C)NS(=O)(=O)Cc2ccc(Cl)cc2Cl)cc1C. The molecule has 3 nitrogen and oxygen atoms in total. The molecular weight excluding hydrogens is 365 g/mol. The van der Waals surface area contributed by atoms with Crippen molar-refractivity contribution in [3.05, 3.63) is 68.2 Å². The summed E-state index contributed by atoms with van der Waals surface area (Å²) in [6.07, 6.45) is 0. The molecule has 0 spiro atoms. The number of aryl methyl sites for hydroxylation is 3. The van der Waals surface area contributed by atoms with E-state index in [1.165, 1.54) is 5.56 Å². The van der Waals surface area contributed by atoms with Crippen LogP contribution in [0.4, 0.5) is 0 Å². The first-order valence-electron chi connectivity index (χ1n) is 7.61. The van der Waals surface area contributed by atoms with Gasteiger partial charge in [0.25, 0.3) is 0 Å². The van der Waals surface area contributed by atoms with Crippen LogP contribution >= 0.6 is 23.2 Å². The Hall–Kier alpha value is -1.07. The predicted octanol–water partition coefficient (Wildman–Crippen LogP) is 5.10. The van der Waals surface area contributed by atoms with Crippen molar-refractivity contribution in [1.29, 1.82) is 0 Å². The monoisotopic (exact) mass is 385 g/mol. The van der Waals surface area contributed by atoms with Gasteiger partial charge in [0.05, 0.1) is 5.75 Å². The quantitative estimate of drug-likeness (QED) is 0.777. The minimum Gasteiger partial charge on any atom is -0.212 e. The van der Waals surface area contributed by atoms with E-state index >= 15 is 0 Å². The Labute approximate surface area is 154 Å². The van der Waals surface area contributed by atoms with Crippen molar-refractivity contribution in [2.45, 2.75) is 39.5 Å². The van der Waals surface area contributed by atoms with E-state index < -0.39 is 10.0 Å². The van der Waals surface area contributed by atoms with Crippen molar-refractivity contribution in [1.82, 2.24) is 4.72 Å². The molecule has 0 aliphatic carbocycles. The summed E-state index contributed by atoms with van der Waals surface area (Å²) in [6, 6.07) is 8.61. The highest BCUT2D eigenvalue weighted by Crippen LogP contribution is 2.25. The van der Waals surface area contributed by atoms with Crippen LogP contribution < -0.4 is 4.72 Å². The molecule has 24 heavy (non-hydrogen) atoms.